The Morgan fingerprint density at radius 1 is 1.50 bits per heavy atom. The normalized spacial score (nSPS) is 10.4. The molecule has 0 saturated heterocycles. The van der Waals surface area contributed by atoms with E-state index in [1.165, 1.54) is 0 Å². The van der Waals surface area contributed by atoms with Crippen molar-refractivity contribution in [2.75, 3.05) is 19.8 Å². The number of furan rings is 1. The van der Waals surface area contributed by atoms with Crippen LogP contribution in [0.5, 0.6) is 0 Å². The second-order valence-electron chi connectivity index (χ2n) is 3.33. The number of carbonyl (C=O) groups excluding carboxylic acids is 1. The van der Waals surface area contributed by atoms with Gasteiger partial charge in [-0.05, 0) is 40.9 Å². The molecular weight excluding hydrogens is 274 g/mol. The molecule has 1 amide bonds. The Hall–Kier alpha value is -0.810. The standard InChI is InChI=1S/C11H16BrNO3/c1-2-7-15-8-3-6-13-11(14)9-4-5-10(12)16-9/h4-5H,2-3,6-8H2,1H3,(H,13,14). The lowest BCUT2D eigenvalue weighted by molar-refractivity contribution is 0.0913. The summed E-state index contributed by atoms with van der Waals surface area (Å²) < 4.78 is 11.0. The fraction of sp³-hybridized carbons (Fsp3) is 0.545. The SMILES string of the molecule is CCCOCCCNC(=O)c1ccc(Br)o1. The molecule has 0 radical (unpaired) electrons. The average Bonchev–Trinajstić information content (AvgIpc) is 2.70. The molecule has 0 aliphatic heterocycles. The topological polar surface area (TPSA) is 51.5 Å². The third kappa shape index (κ3) is 4.81. The summed E-state index contributed by atoms with van der Waals surface area (Å²) in [6.07, 6.45) is 1.83. The van der Waals surface area contributed by atoms with Crippen LogP contribution < -0.4 is 5.32 Å². The van der Waals surface area contributed by atoms with Crippen LogP contribution in [0, 0.1) is 0 Å². The van der Waals surface area contributed by atoms with Crippen molar-refractivity contribution in [2.24, 2.45) is 0 Å². The number of halogens is 1. The molecular formula is C11H16BrNO3. The zero-order chi connectivity index (χ0) is 11.8. The first-order chi connectivity index (χ1) is 7.74. The number of rotatable bonds is 7. The summed E-state index contributed by atoms with van der Waals surface area (Å²) in [4.78, 5) is 11.5. The fourth-order valence-electron chi connectivity index (χ4n) is 1.15. The maximum Gasteiger partial charge on any atom is 0.287 e. The zero-order valence-electron chi connectivity index (χ0n) is 9.29. The van der Waals surface area contributed by atoms with E-state index in [-0.39, 0.29) is 5.91 Å². The molecule has 0 atom stereocenters. The van der Waals surface area contributed by atoms with Gasteiger partial charge in [0.05, 0.1) is 0 Å². The largest absolute Gasteiger partial charge is 0.444 e. The van der Waals surface area contributed by atoms with Gasteiger partial charge in [-0.2, -0.15) is 0 Å². The second-order valence-corrected chi connectivity index (χ2v) is 4.11. The molecule has 1 heterocycles. The summed E-state index contributed by atoms with van der Waals surface area (Å²) in [6, 6.07) is 3.33. The molecule has 5 heteroatoms. The second kappa shape index (κ2) is 7.46. The van der Waals surface area contributed by atoms with Gasteiger partial charge in [-0.25, -0.2) is 0 Å². The molecule has 16 heavy (non-hydrogen) atoms. The smallest absolute Gasteiger partial charge is 0.287 e. The Labute approximate surface area is 103 Å². The molecule has 4 nitrogen and oxygen atoms in total. The Bertz CT molecular complexity index is 325. The molecule has 0 aromatic carbocycles. The summed E-state index contributed by atoms with van der Waals surface area (Å²) >= 11 is 3.14. The Morgan fingerprint density at radius 3 is 2.94 bits per heavy atom. The van der Waals surface area contributed by atoms with Crippen LogP contribution in [0.15, 0.2) is 21.2 Å². The minimum absolute atomic E-state index is 0.193. The van der Waals surface area contributed by atoms with Crippen molar-refractivity contribution in [3.05, 3.63) is 22.6 Å². The van der Waals surface area contributed by atoms with E-state index in [0.29, 0.717) is 23.6 Å². The summed E-state index contributed by atoms with van der Waals surface area (Å²) in [7, 11) is 0. The molecule has 0 aliphatic rings. The highest BCUT2D eigenvalue weighted by Gasteiger charge is 2.08. The first-order valence-corrected chi connectivity index (χ1v) is 6.14. The monoisotopic (exact) mass is 289 g/mol. The Kier molecular flexibility index (Phi) is 6.18. The van der Waals surface area contributed by atoms with Crippen molar-refractivity contribution in [3.8, 4) is 0 Å². The van der Waals surface area contributed by atoms with Crippen LogP contribution in [0.3, 0.4) is 0 Å². The van der Waals surface area contributed by atoms with Crippen molar-refractivity contribution in [2.45, 2.75) is 19.8 Å². The molecule has 0 fully saturated rings. The summed E-state index contributed by atoms with van der Waals surface area (Å²) in [5, 5.41) is 2.76. The molecule has 1 aromatic rings. The van der Waals surface area contributed by atoms with E-state index in [0.717, 1.165) is 19.4 Å². The van der Waals surface area contributed by atoms with Crippen molar-refractivity contribution < 1.29 is 13.9 Å². The minimum Gasteiger partial charge on any atom is -0.444 e. The van der Waals surface area contributed by atoms with Gasteiger partial charge in [0.1, 0.15) is 0 Å². The van der Waals surface area contributed by atoms with Gasteiger partial charge in [-0.3, -0.25) is 4.79 Å². The molecule has 0 spiro atoms. The van der Waals surface area contributed by atoms with Gasteiger partial charge in [0.25, 0.3) is 5.91 Å². The van der Waals surface area contributed by atoms with Crippen LogP contribution in [0.25, 0.3) is 0 Å². The third-order valence-corrected chi connectivity index (χ3v) is 2.32. The quantitative estimate of drug-likeness (QED) is 0.785. The maximum atomic E-state index is 11.5. The molecule has 90 valence electrons. The van der Waals surface area contributed by atoms with Crippen molar-refractivity contribution in [3.63, 3.8) is 0 Å². The number of carbonyl (C=O) groups is 1. The van der Waals surface area contributed by atoms with E-state index in [2.05, 4.69) is 28.2 Å². The predicted octanol–water partition coefficient (Wildman–Crippen LogP) is 2.59. The average molecular weight is 290 g/mol. The van der Waals surface area contributed by atoms with Crippen LogP contribution in [0.4, 0.5) is 0 Å². The highest BCUT2D eigenvalue weighted by molar-refractivity contribution is 9.10. The molecule has 0 saturated carbocycles. The van der Waals surface area contributed by atoms with Crippen molar-refractivity contribution in [1.82, 2.24) is 5.32 Å². The summed E-state index contributed by atoms with van der Waals surface area (Å²) in [5.41, 5.74) is 0. The van der Waals surface area contributed by atoms with E-state index in [9.17, 15) is 4.79 Å². The first kappa shape index (κ1) is 13.3. The minimum atomic E-state index is -0.193. The van der Waals surface area contributed by atoms with Gasteiger partial charge in [-0.1, -0.05) is 6.92 Å². The number of amides is 1. The van der Waals surface area contributed by atoms with Gasteiger partial charge in [0, 0.05) is 19.8 Å². The summed E-state index contributed by atoms with van der Waals surface area (Å²) in [6.45, 7) is 4.12. The number of ether oxygens (including phenoxy) is 1. The molecule has 1 aromatic heterocycles. The molecule has 1 N–H and O–H groups in total. The van der Waals surface area contributed by atoms with Crippen molar-refractivity contribution in [1.29, 1.82) is 0 Å². The first-order valence-electron chi connectivity index (χ1n) is 5.35. The number of hydrogen-bond donors (Lipinski definition) is 1. The predicted molar refractivity (Wildman–Crippen MR) is 64.5 cm³/mol. The lowest BCUT2D eigenvalue weighted by Crippen LogP contribution is -2.24. The summed E-state index contributed by atoms with van der Waals surface area (Å²) in [5.74, 6) is 0.127. The lowest BCUT2D eigenvalue weighted by atomic mass is 10.4. The number of nitrogens with one attached hydrogen (secondary N) is 1. The van der Waals surface area contributed by atoms with Crippen LogP contribution >= 0.6 is 15.9 Å². The van der Waals surface area contributed by atoms with Crippen LogP contribution in [0.2, 0.25) is 0 Å². The van der Waals surface area contributed by atoms with Gasteiger partial charge in [0.2, 0.25) is 0 Å². The Morgan fingerprint density at radius 2 is 2.31 bits per heavy atom. The van der Waals surface area contributed by atoms with E-state index < -0.39 is 0 Å². The van der Waals surface area contributed by atoms with E-state index in [4.69, 9.17) is 9.15 Å². The highest BCUT2D eigenvalue weighted by atomic mass is 79.9. The zero-order valence-corrected chi connectivity index (χ0v) is 10.9. The van der Waals surface area contributed by atoms with E-state index in [1.807, 2.05) is 0 Å². The molecule has 1 rings (SSSR count). The van der Waals surface area contributed by atoms with Crippen LogP contribution in [-0.4, -0.2) is 25.7 Å². The third-order valence-electron chi connectivity index (χ3n) is 1.90. The Balaban J connectivity index is 2.11. The van der Waals surface area contributed by atoms with Gasteiger partial charge in [-0.15, -0.1) is 0 Å². The van der Waals surface area contributed by atoms with Gasteiger partial charge < -0.3 is 14.5 Å². The van der Waals surface area contributed by atoms with Crippen LogP contribution in [0.1, 0.15) is 30.3 Å². The lowest BCUT2D eigenvalue weighted by Gasteiger charge is -2.03. The van der Waals surface area contributed by atoms with Crippen LogP contribution in [-0.2, 0) is 4.74 Å². The van der Waals surface area contributed by atoms with E-state index in [1.54, 1.807) is 12.1 Å². The molecule has 0 bridgehead atoms. The van der Waals surface area contributed by atoms with Crippen molar-refractivity contribution >= 4 is 21.8 Å². The fourth-order valence-corrected chi connectivity index (χ4v) is 1.45. The highest BCUT2D eigenvalue weighted by Crippen LogP contribution is 2.13. The molecule has 0 unspecified atom stereocenters. The van der Waals surface area contributed by atoms with Gasteiger partial charge >= 0.3 is 0 Å². The van der Waals surface area contributed by atoms with E-state index >= 15 is 0 Å². The maximum absolute atomic E-state index is 11.5. The molecule has 0 aliphatic carbocycles. The van der Waals surface area contributed by atoms with Gasteiger partial charge in [0.15, 0.2) is 10.4 Å². The number of hydrogen-bond acceptors (Lipinski definition) is 3.